The molecule has 316 valence electrons. The number of aromatic nitrogens is 3. The predicted molar refractivity (Wildman–Crippen MR) is 235 cm³/mol. The van der Waals surface area contributed by atoms with E-state index in [1.54, 1.807) is 46.8 Å². The molecule has 4 heterocycles. The fraction of sp³-hybridized carbons (Fsp3) is 0.176. The van der Waals surface area contributed by atoms with Crippen molar-refractivity contribution in [1.82, 2.24) is 25.2 Å². The number of ether oxygens (including phenoxy) is 1. The smallest absolute Gasteiger partial charge is 0.329 e. The van der Waals surface area contributed by atoms with Crippen molar-refractivity contribution in [3.63, 3.8) is 0 Å². The van der Waals surface area contributed by atoms with E-state index in [0.29, 0.717) is 27.8 Å². The van der Waals surface area contributed by atoms with Crippen LogP contribution in [0.5, 0.6) is 5.75 Å². The summed E-state index contributed by atoms with van der Waals surface area (Å²) in [4.78, 5) is 62.8. The van der Waals surface area contributed by atoms with E-state index in [0.717, 1.165) is 16.0 Å². The van der Waals surface area contributed by atoms with Crippen LogP contribution in [0.1, 0.15) is 64.5 Å². The van der Waals surface area contributed by atoms with Crippen molar-refractivity contribution in [3.8, 4) is 17.6 Å². The van der Waals surface area contributed by atoms with E-state index in [2.05, 4.69) is 27.5 Å². The van der Waals surface area contributed by atoms with Crippen LogP contribution in [0.25, 0.3) is 11.0 Å². The maximum Gasteiger partial charge on any atom is 0.329 e. The molecule has 1 spiro atoms. The second kappa shape index (κ2) is 16.0. The number of amides is 3. The van der Waals surface area contributed by atoms with Gasteiger partial charge in [0, 0.05) is 5.56 Å². The van der Waals surface area contributed by atoms with Crippen LogP contribution in [0, 0.1) is 17.8 Å². The van der Waals surface area contributed by atoms with Gasteiger partial charge in [0.05, 0.1) is 29.3 Å². The van der Waals surface area contributed by atoms with Gasteiger partial charge in [-0.15, -0.1) is 5.10 Å². The summed E-state index contributed by atoms with van der Waals surface area (Å²) in [6, 6.07) is 41.5. The van der Waals surface area contributed by atoms with E-state index in [9.17, 15) is 24.6 Å². The first-order valence-corrected chi connectivity index (χ1v) is 20.9. The number of nitrogens with zero attached hydrogens (tertiary/aromatic N) is 5. The highest BCUT2D eigenvalue weighted by Gasteiger charge is 2.76. The number of anilines is 1. The number of fused-ring (bicyclic) bond motifs is 4. The Hall–Kier alpha value is -8.08. The summed E-state index contributed by atoms with van der Waals surface area (Å²) in [6.07, 6.45) is -0.941. The molecular formula is C51H40N6O7. The first kappa shape index (κ1) is 40.0. The number of para-hydroxylation sites is 1. The molecule has 2 fully saturated rings. The lowest BCUT2D eigenvalue weighted by Gasteiger charge is -2.46. The number of hydrogen-bond acceptors (Lipinski definition) is 9. The molecule has 10 rings (SSSR count). The molecule has 0 unspecified atom stereocenters. The summed E-state index contributed by atoms with van der Waals surface area (Å²) < 4.78 is 8.02. The van der Waals surface area contributed by atoms with Crippen LogP contribution in [0.4, 0.5) is 10.5 Å². The Morgan fingerprint density at radius 2 is 1.45 bits per heavy atom. The normalized spacial score (nSPS) is 22.9. The molecule has 13 nitrogen and oxygen atoms in total. The van der Waals surface area contributed by atoms with Gasteiger partial charge in [0.15, 0.2) is 0 Å². The predicted octanol–water partition coefficient (Wildman–Crippen LogP) is 7.41. The third-order valence-corrected chi connectivity index (χ3v) is 12.7. The molecule has 0 aliphatic carbocycles. The van der Waals surface area contributed by atoms with Crippen LogP contribution in [-0.2, 0) is 31.1 Å². The topological polar surface area (TPSA) is 167 Å². The Balaban J connectivity index is 1.20. The number of phenols is 1. The van der Waals surface area contributed by atoms with Crippen molar-refractivity contribution in [2.75, 3.05) is 4.90 Å². The zero-order valence-corrected chi connectivity index (χ0v) is 34.4. The lowest BCUT2D eigenvalue weighted by molar-refractivity contribution is -0.179. The van der Waals surface area contributed by atoms with Gasteiger partial charge in [-0.05, 0) is 77.2 Å². The number of morpholine rings is 1. The lowest BCUT2D eigenvalue weighted by Crippen LogP contribution is -2.54. The first-order chi connectivity index (χ1) is 31.2. The van der Waals surface area contributed by atoms with Gasteiger partial charge in [-0.2, -0.15) is 0 Å². The van der Waals surface area contributed by atoms with Gasteiger partial charge in [0.25, 0.3) is 0 Å². The number of carboxylic acids is 1. The van der Waals surface area contributed by atoms with Crippen molar-refractivity contribution >= 4 is 40.6 Å². The summed E-state index contributed by atoms with van der Waals surface area (Å²) in [5.41, 5.74) is 2.72. The number of aromatic hydroxyl groups is 1. The van der Waals surface area contributed by atoms with Crippen molar-refractivity contribution in [2.24, 2.45) is 5.92 Å². The number of nitrogens with one attached hydrogen (secondary N) is 1. The Labute approximate surface area is 367 Å². The molecule has 3 aliphatic heterocycles. The third-order valence-electron chi connectivity index (χ3n) is 12.7. The monoisotopic (exact) mass is 848 g/mol. The molecule has 0 radical (unpaired) electrons. The van der Waals surface area contributed by atoms with E-state index in [1.165, 1.54) is 12.1 Å². The number of carbonyl (C=O) groups excluding carboxylic acids is 3. The summed E-state index contributed by atoms with van der Waals surface area (Å²) >= 11 is 0. The van der Waals surface area contributed by atoms with Gasteiger partial charge in [-0.1, -0.05) is 132 Å². The van der Waals surface area contributed by atoms with Crippen LogP contribution in [-0.4, -0.2) is 60.0 Å². The molecule has 3 amide bonds. The molecule has 3 N–H and O–H groups in total. The number of carbonyl (C=O) groups is 4. The molecule has 64 heavy (non-hydrogen) atoms. The molecule has 3 aliphatic rings. The number of benzene rings is 6. The van der Waals surface area contributed by atoms with E-state index in [1.807, 2.05) is 115 Å². The third kappa shape index (κ3) is 6.46. The number of imide groups is 1. The second-order valence-electron chi connectivity index (χ2n) is 16.2. The quantitative estimate of drug-likeness (QED) is 0.109. The van der Waals surface area contributed by atoms with E-state index >= 15 is 4.79 Å². The molecule has 13 heteroatoms. The van der Waals surface area contributed by atoms with E-state index in [-0.39, 0.29) is 23.5 Å². The van der Waals surface area contributed by atoms with Crippen LogP contribution < -0.4 is 10.2 Å². The minimum atomic E-state index is -2.15. The fourth-order valence-electron chi connectivity index (χ4n) is 9.95. The minimum Gasteiger partial charge on any atom is -0.508 e. The SMILES string of the molecule is C[C@@H](NC(=O)N1C(=O)[C@@]2(c3cc(C#CCn4nnc5ccccc54)ccc31)[C@H](C(=O)O)[C@H]1C(=O)O[C@H](c3ccccc3)[C@H](c3ccccc3)N1[C@@H]2c1ccc(O)cc1)c1ccccc1. The van der Waals surface area contributed by atoms with E-state index in [4.69, 9.17) is 4.74 Å². The Morgan fingerprint density at radius 3 is 2.16 bits per heavy atom. The first-order valence-electron chi connectivity index (χ1n) is 20.9. The van der Waals surface area contributed by atoms with Gasteiger partial charge < -0.3 is 20.3 Å². The zero-order chi connectivity index (χ0) is 44.1. The van der Waals surface area contributed by atoms with Crippen LogP contribution in [0.15, 0.2) is 158 Å². The number of aliphatic carboxylic acids is 1. The van der Waals surface area contributed by atoms with Crippen LogP contribution in [0.2, 0.25) is 0 Å². The lowest BCUT2D eigenvalue weighted by atomic mass is 9.65. The van der Waals surface area contributed by atoms with E-state index < -0.39 is 65.5 Å². The maximum atomic E-state index is 16.1. The number of esters is 1. The van der Waals surface area contributed by atoms with Gasteiger partial charge >= 0.3 is 18.0 Å². The fourth-order valence-corrected chi connectivity index (χ4v) is 9.95. The Morgan fingerprint density at radius 1 is 0.797 bits per heavy atom. The molecular weight excluding hydrogens is 809 g/mol. The largest absolute Gasteiger partial charge is 0.508 e. The average Bonchev–Trinajstić information content (AvgIpc) is 3.96. The highest BCUT2D eigenvalue weighted by Crippen LogP contribution is 2.66. The highest BCUT2D eigenvalue weighted by molar-refractivity contribution is 6.24. The van der Waals surface area contributed by atoms with Crippen molar-refractivity contribution in [1.29, 1.82) is 0 Å². The average molecular weight is 849 g/mol. The number of cyclic esters (lactones) is 1. The molecule has 1 aromatic heterocycles. The molecule has 6 aromatic carbocycles. The number of urea groups is 1. The molecule has 0 saturated carbocycles. The Kier molecular flexibility index (Phi) is 10.0. The van der Waals surface area contributed by atoms with Gasteiger partial charge in [0.2, 0.25) is 5.91 Å². The number of phenolic OH excluding ortho intramolecular Hbond substituents is 1. The summed E-state index contributed by atoms with van der Waals surface area (Å²) in [6.45, 7) is 1.96. The molecule has 7 atom stereocenters. The standard InChI is InChI=1S/C51H40N6O7/c1-31(33-15-5-2-6-16-33)52-50(63)56-40-28-23-32(14-13-29-55-41-22-12-11-21-39(41)53-54-55)30-38(40)51(49(56)62)42(47(59)60)44-48(61)64-45(35-19-9-4-10-20-35)43(34-17-7-3-8-18-34)57(44)46(51)36-24-26-37(58)27-25-36/h2-12,15-28,30-31,42-46,58H,29H2,1H3,(H,52,63)(H,59,60)/t31-,42+,43+,44+,45-,46-,51+/m1/s1. The Bertz CT molecular complexity index is 3010. The van der Waals surface area contributed by atoms with Crippen LogP contribution >= 0.6 is 0 Å². The van der Waals surface area contributed by atoms with Crippen molar-refractivity contribution < 1.29 is 34.1 Å². The molecule has 2 saturated heterocycles. The highest BCUT2D eigenvalue weighted by atomic mass is 16.6. The van der Waals surface area contributed by atoms with Gasteiger partial charge in [0.1, 0.15) is 41.3 Å². The summed E-state index contributed by atoms with van der Waals surface area (Å²) in [5.74, 6) is 1.37. The summed E-state index contributed by atoms with van der Waals surface area (Å²) in [5, 5.41) is 33.7. The number of hydrogen-bond donors (Lipinski definition) is 3. The summed E-state index contributed by atoms with van der Waals surface area (Å²) in [7, 11) is 0. The zero-order valence-electron chi connectivity index (χ0n) is 34.4. The molecule has 7 aromatic rings. The van der Waals surface area contributed by atoms with Crippen LogP contribution in [0.3, 0.4) is 0 Å². The number of carboxylic acid groups (broad SMARTS) is 1. The van der Waals surface area contributed by atoms with Crippen molar-refractivity contribution in [2.45, 2.75) is 49.2 Å². The van der Waals surface area contributed by atoms with Crippen molar-refractivity contribution in [3.05, 3.63) is 191 Å². The minimum absolute atomic E-state index is 0.0614. The molecule has 0 bridgehead atoms. The van der Waals surface area contributed by atoms with Gasteiger partial charge in [-0.3, -0.25) is 19.3 Å². The van der Waals surface area contributed by atoms with Gasteiger partial charge in [-0.25, -0.2) is 14.4 Å². The maximum absolute atomic E-state index is 16.1. The number of rotatable bonds is 7. The second-order valence-corrected chi connectivity index (χ2v) is 16.2.